The number of amides is 1. The minimum absolute atomic E-state index is 0.154. The molecular weight excluding hydrogens is 414 g/mol. The number of carbonyl (C=O) groups is 2. The molecule has 0 bridgehead atoms. The lowest BCUT2D eigenvalue weighted by molar-refractivity contribution is -0.131. The van der Waals surface area contributed by atoms with Crippen LogP contribution in [0.4, 0.5) is 0 Å². The Kier molecular flexibility index (Phi) is 6.69. The topological polar surface area (TPSA) is 64.6 Å². The number of hydrogen-bond donors (Lipinski definition) is 1. The highest BCUT2D eigenvalue weighted by atomic mass is 16.5. The van der Waals surface area contributed by atoms with Gasteiger partial charge in [-0.25, -0.2) is 0 Å². The Bertz CT molecular complexity index is 1280. The second-order valence-electron chi connectivity index (χ2n) is 7.70. The summed E-state index contributed by atoms with van der Waals surface area (Å²) in [5.41, 5.74) is 2.38. The van der Waals surface area contributed by atoms with Crippen LogP contribution in [0, 0.1) is 0 Å². The zero-order valence-corrected chi connectivity index (χ0v) is 18.6. The molecule has 5 nitrogen and oxygen atoms in total. The Balaban J connectivity index is 1.87. The zero-order chi connectivity index (χ0) is 23.2. The lowest BCUT2D eigenvalue weighted by atomic mass is 9.91. The molecule has 0 aliphatic rings. The van der Waals surface area contributed by atoms with Crippen LogP contribution in [0.25, 0.3) is 10.8 Å². The molecule has 0 spiro atoms. The van der Waals surface area contributed by atoms with Gasteiger partial charge in [0, 0.05) is 18.1 Å². The molecule has 0 aliphatic carbocycles. The molecule has 33 heavy (non-hydrogen) atoms. The standard InChI is InChI=1S/C28H25NO4/c1-19(30)33-25-17-16-21-12-6-7-13-22(21)27(25)28(23-14-8-9-15-24(23)32-2)29-26(31)18-20-10-4-3-5-11-20/h3-17,28H,18H2,1-2H3,(H,29,31). The maximum atomic E-state index is 13.2. The molecule has 4 aromatic rings. The fourth-order valence-corrected chi connectivity index (χ4v) is 4.02. The van der Waals surface area contributed by atoms with Gasteiger partial charge in [-0.05, 0) is 28.5 Å². The molecule has 0 saturated carbocycles. The molecule has 4 rings (SSSR count). The van der Waals surface area contributed by atoms with E-state index in [-0.39, 0.29) is 12.3 Å². The van der Waals surface area contributed by atoms with Crippen LogP contribution in [0.2, 0.25) is 0 Å². The minimum atomic E-state index is -0.599. The van der Waals surface area contributed by atoms with Gasteiger partial charge in [-0.2, -0.15) is 0 Å². The molecule has 1 atom stereocenters. The number of nitrogens with one attached hydrogen (secondary N) is 1. The first-order valence-electron chi connectivity index (χ1n) is 10.7. The van der Waals surface area contributed by atoms with Crippen LogP contribution >= 0.6 is 0 Å². The van der Waals surface area contributed by atoms with E-state index in [0.717, 1.165) is 21.9 Å². The summed E-state index contributed by atoms with van der Waals surface area (Å²) in [6, 6.07) is 28.0. The summed E-state index contributed by atoms with van der Waals surface area (Å²) in [5, 5.41) is 5.02. The molecule has 0 aliphatic heterocycles. The van der Waals surface area contributed by atoms with Crippen molar-refractivity contribution in [2.24, 2.45) is 0 Å². The molecular formula is C28H25NO4. The maximum Gasteiger partial charge on any atom is 0.308 e. The monoisotopic (exact) mass is 439 g/mol. The van der Waals surface area contributed by atoms with Crippen molar-refractivity contribution < 1.29 is 19.1 Å². The van der Waals surface area contributed by atoms with E-state index in [4.69, 9.17) is 9.47 Å². The molecule has 1 amide bonds. The van der Waals surface area contributed by atoms with Crippen LogP contribution in [0.3, 0.4) is 0 Å². The van der Waals surface area contributed by atoms with Gasteiger partial charge in [0.25, 0.3) is 0 Å². The Morgan fingerprint density at radius 2 is 1.52 bits per heavy atom. The summed E-state index contributed by atoms with van der Waals surface area (Å²) in [5.74, 6) is 0.445. The molecule has 4 aromatic carbocycles. The summed E-state index contributed by atoms with van der Waals surface area (Å²) >= 11 is 0. The van der Waals surface area contributed by atoms with Crippen LogP contribution in [-0.2, 0) is 16.0 Å². The normalized spacial score (nSPS) is 11.6. The van der Waals surface area contributed by atoms with E-state index in [1.165, 1.54) is 6.92 Å². The molecule has 0 heterocycles. The number of methoxy groups -OCH3 is 1. The third-order valence-corrected chi connectivity index (χ3v) is 5.44. The van der Waals surface area contributed by atoms with Crippen molar-refractivity contribution in [3.05, 3.63) is 108 Å². The highest BCUT2D eigenvalue weighted by molar-refractivity contribution is 5.91. The van der Waals surface area contributed by atoms with E-state index < -0.39 is 12.0 Å². The summed E-state index contributed by atoms with van der Waals surface area (Å²) in [7, 11) is 1.60. The fourth-order valence-electron chi connectivity index (χ4n) is 4.02. The lowest BCUT2D eigenvalue weighted by Gasteiger charge is -2.25. The molecule has 1 N–H and O–H groups in total. The molecule has 1 unspecified atom stereocenters. The minimum Gasteiger partial charge on any atom is -0.496 e. The van der Waals surface area contributed by atoms with Crippen molar-refractivity contribution in [1.29, 1.82) is 0 Å². The number of fused-ring (bicyclic) bond motifs is 1. The largest absolute Gasteiger partial charge is 0.496 e. The predicted molar refractivity (Wildman–Crippen MR) is 128 cm³/mol. The average molecular weight is 440 g/mol. The van der Waals surface area contributed by atoms with Crippen LogP contribution in [0.5, 0.6) is 11.5 Å². The van der Waals surface area contributed by atoms with Crippen LogP contribution in [0.1, 0.15) is 29.7 Å². The van der Waals surface area contributed by atoms with Gasteiger partial charge < -0.3 is 14.8 Å². The van der Waals surface area contributed by atoms with E-state index in [1.807, 2.05) is 84.9 Å². The van der Waals surface area contributed by atoms with E-state index in [2.05, 4.69) is 5.32 Å². The molecule has 0 aromatic heterocycles. The first-order valence-corrected chi connectivity index (χ1v) is 10.7. The first kappa shape index (κ1) is 22.1. The van der Waals surface area contributed by atoms with Crippen molar-refractivity contribution in [3.63, 3.8) is 0 Å². The second-order valence-corrected chi connectivity index (χ2v) is 7.70. The average Bonchev–Trinajstić information content (AvgIpc) is 2.83. The zero-order valence-electron chi connectivity index (χ0n) is 18.6. The molecule has 0 radical (unpaired) electrons. The Labute approximate surface area is 193 Å². The highest BCUT2D eigenvalue weighted by Crippen LogP contribution is 2.39. The van der Waals surface area contributed by atoms with Gasteiger partial charge >= 0.3 is 5.97 Å². The van der Waals surface area contributed by atoms with Gasteiger partial charge in [0.05, 0.1) is 19.6 Å². The van der Waals surface area contributed by atoms with Gasteiger partial charge in [-0.15, -0.1) is 0 Å². The number of benzene rings is 4. The quantitative estimate of drug-likeness (QED) is 0.317. The molecule has 5 heteroatoms. The van der Waals surface area contributed by atoms with Crippen molar-refractivity contribution in [2.75, 3.05) is 7.11 Å². The number of esters is 1. The Morgan fingerprint density at radius 1 is 0.818 bits per heavy atom. The predicted octanol–water partition coefficient (Wildman–Crippen LogP) is 5.22. The van der Waals surface area contributed by atoms with Gasteiger partial charge in [0.15, 0.2) is 0 Å². The van der Waals surface area contributed by atoms with Gasteiger partial charge in [-0.3, -0.25) is 9.59 Å². The number of ether oxygens (including phenoxy) is 2. The van der Waals surface area contributed by atoms with E-state index in [0.29, 0.717) is 17.1 Å². The van der Waals surface area contributed by atoms with E-state index in [9.17, 15) is 9.59 Å². The highest BCUT2D eigenvalue weighted by Gasteiger charge is 2.26. The fraction of sp³-hybridized carbons (Fsp3) is 0.143. The number of carbonyl (C=O) groups excluding carboxylic acids is 2. The summed E-state index contributed by atoms with van der Waals surface area (Å²) in [6.45, 7) is 1.37. The number of rotatable bonds is 7. The van der Waals surface area contributed by atoms with E-state index >= 15 is 0 Å². The third kappa shape index (κ3) is 5.04. The summed E-state index contributed by atoms with van der Waals surface area (Å²) in [4.78, 5) is 25.1. The SMILES string of the molecule is COc1ccccc1C(NC(=O)Cc1ccccc1)c1c(OC(C)=O)ccc2ccccc12. The lowest BCUT2D eigenvalue weighted by Crippen LogP contribution is -2.31. The number of para-hydroxylation sites is 1. The van der Waals surface area contributed by atoms with Crippen LogP contribution in [0.15, 0.2) is 91.0 Å². The molecule has 0 saturated heterocycles. The van der Waals surface area contributed by atoms with E-state index in [1.54, 1.807) is 13.2 Å². The van der Waals surface area contributed by atoms with Crippen molar-refractivity contribution >= 4 is 22.6 Å². The van der Waals surface area contributed by atoms with Crippen molar-refractivity contribution in [1.82, 2.24) is 5.32 Å². The van der Waals surface area contributed by atoms with Crippen LogP contribution in [-0.4, -0.2) is 19.0 Å². The third-order valence-electron chi connectivity index (χ3n) is 5.44. The summed E-state index contributed by atoms with van der Waals surface area (Å²) < 4.78 is 11.2. The van der Waals surface area contributed by atoms with Crippen molar-refractivity contribution in [3.8, 4) is 11.5 Å². The second kappa shape index (κ2) is 10.0. The smallest absolute Gasteiger partial charge is 0.308 e. The maximum absolute atomic E-state index is 13.2. The molecule has 0 fully saturated rings. The molecule has 166 valence electrons. The van der Waals surface area contributed by atoms with Gasteiger partial charge in [0.2, 0.25) is 5.91 Å². The summed E-state index contributed by atoms with van der Waals surface area (Å²) in [6.07, 6.45) is 0.222. The van der Waals surface area contributed by atoms with Crippen LogP contribution < -0.4 is 14.8 Å². The van der Waals surface area contributed by atoms with Gasteiger partial charge in [-0.1, -0.05) is 78.9 Å². The van der Waals surface area contributed by atoms with Crippen molar-refractivity contribution in [2.45, 2.75) is 19.4 Å². The number of hydrogen-bond acceptors (Lipinski definition) is 4. The Hall–Kier alpha value is -4.12. The van der Waals surface area contributed by atoms with Gasteiger partial charge in [0.1, 0.15) is 11.5 Å². The first-order chi connectivity index (χ1) is 16.1. The Morgan fingerprint density at radius 3 is 2.27 bits per heavy atom.